The lowest BCUT2D eigenvalue weighted by atomic mass is 10.3. The number of aromatic nitrogens is 1. The van der Waals surface area contributed by atoms with E-state index in [9.17, 15) is 13.2 Å². The van der Waals surface area contributed by atoms with Crippen LogP contribution in [0.5, 0.6) is 0 Å². The van der Waals surface area contributed by atoms with E-state index in [1.54, 1.807) is 32.2 Å². The first kappa shape index (κ1) is 18.0. The highest BCUT2D eigenvalue weighted by molar-refractivity contribution is 7.89. The fourth-order valence-corrected chi connectivity index (χ4v) is 2.92. The molecule has 0 unspecified atom stereocenters. The standard InChI is InChI=1S/C15H20N4O4S/c1-11-8-13(17-23-11)10-19(4)15(20)16-12-6-5-7-14(9-12)24(21,22)18(2)3/h5-9H,10H2,1-4H3,(H,16,20). The van der Waals surface area contributed by atoms with Gasteiger partial charge in [0.15, 0.2) is 0 Å². The molecule has 1 N–H and O–H groups in total. The van der Waals surface area contributed by atoms with E-state index >= 15 is 0 Å². The summed E-state index contributed by atoms with van der Waals surface area (Å²) in [6, 6.07) is 7.46. The van der Waals surface area contributed by atoms with E-state index in [4.69, 9.17) is 4.52 Å². The molecule has 0 aliphatic carbocycles. The number of anilines is 1. The zero-order chi connectivity index (χ0) is 17.9. The molecule has 0 aliphatic rings. The Balaban J connectivity index is 2.09. The molecule has 0 fully saturated rings. The van der Waals surface area contributed by atoms with Crippen LogP contribution in [0.3, 0.4) is 0 Å². The first-order valence-electron chi connectivity index (χ1n) is 7.17. The molecule has 130 valence electrons. The van der Waals surface area contributed by atoms with Crippen molar-refractivity contribution in [2.45, 2.75) is 18.4 Å². The third-order valence-electron chi connectivity index (χ3n) is 3.29. The maximum Gasteiger partial charge on any atom is 0.321 e. The van der Waals surface area contributed by atoms with Crippen LogP contribution in [0.4, 0.5) is 10.5 Å². The van der Waals surface area contributed by atoms with Crippen molar-refractivity contribution in [3.8, 4) is 0 Å². The molecule has 0 radical (unpaired) electrons. The number of nitrogens with zero attached hydrogens (tertiary/aromatic N) is 3. The van der Waals surface area contributed by atoms with Crippen LogP contribution in [-0.2, 0) is 16.6 Å². The number of aryl methyl sites for hydroxylation is 1. The summed E-state index contributed by atoms with van der Waals surface area (Å²) in [7, 11) is 0.961. The summed E-state index contributed by atoms with van der Waals surface area (Å²) < 4.78 is 30.3. The Bertz CT molecular complexity index is 830. The van der Waals surface area contributed by atoms with E-state index < -0.39 is 10.0 Å². The number of hydrogen-bond donors (Lipinski definition) is 1. The van der Waals surface area contributed by atoms with E-state index in [1.807, 2.05) is 0 Å². The first-order chi connectivity index (χ1) is 11.2. The van der Waals surface area contributed by atoms with Gasteiger partial charge in [-0.2, -0.15) is 0 Å². The Morgan fingerprint density at radius 3 is 2.54 bits per heavy atom. The van der Waals surface area contributed by atoms with Gasteiger partial charge >= 0.3 is 6.03 Å². The Labute approximate surface area is 141 Å². The van der Waals surface area contributed by atoms with Gasteiger partial charge in [0.25, 0.3) is 0 Å². The van der Waals surface area contributed by atoms with E-state index in [1.165, 1.54) is 31.1 Å². The molecule has 0 bridgehead atoms. The van der Waals surface area contributed by atoms with E-state index in [0.29, 0.717) is 17.1 Å². The van der Waals surface area contributed by atoms with Crippen molar-refractivity contribution in [2.75, 3.05) is 26.5 Å². The topological polar surface area (TPSA) is 95.8 Å². The van der Waals surface area contributed by atoms with Gasteiger partial charge in [-0.25, -0.2) is 17.5 Å². The maximum atomic E-state index is 12.2. The van der Waals surface area contributed by atoms with Gasteiger partial charge in [-0.1, -0.05) is 11.2 Å². The third kappa shape index (κ3) is 4.12. The number of sulfonamides is 1. The van der Waals surface area contributed by atoms with Crippen LogP contribution in [0.2, 0.25) is 0 Å². The zero-order valence-corrected chi connectivity index (χ0v) is 14.8. The van der Waals surface area contributed by atoms with Crippen molar-refractivity contribution in [1.29, 1.82) is 0 Å². The zero-order valence-electron chi connectivity index (χ0n) is 14.0. The van der Waals surface area contributed by atoms with E-state index in [0.717, 1.165) is 4.31 Å². The molecule has 1 aromatic heterocycles. The maximum absolute atomic E-state index is 12.2. The summed E-state index contributed by atoms with van der Waals surface area (Å²) in [6.45, 7) is 2.05. The van der Waals surface area contributed by atoms with Gasteiger partial charge in [-0.15, -0.1) is 0 Å². The highest BCUT2D eigenvalue weighted by Gasteiger charge is 2.18. The normalized spacial score (nSPS) is 11.5. The van der Waals surface area contributed by atoms with Gasteiger partial charge in [-0.3, -0.25) is 0 Å². The number of benzene rings is 1. The molecule has 1 heterocycles. The molecule has 0 atom stereocenters. The summed E-state index contributed by atoms with van der Waals surface area (Å²) in [6.07, 6.45) is 0. The van der Waals surface area contributed by atoms with Gasteiger partial charge in [0.05, 0.1) is 11.4 Å². The number of rotatable bonds is 5. The average molecular weight is 352 g/mol. The molecular weight excluding hydrogens is 332 g/mol. The molecule has 8 nitrogen and oxygen atoms in total. The molecule has 0 saturated heterocycles. The highest BCUT2D eigenvalue weighted by Crippen LogP contribution is 2.18. The summed E-state index contributed by atoms with van der Waals surface area (Å²) in [5.41, 5.74) is 1.03. The molecule has 2 rings (SSSR count). The van der Waals surface area contributed by atoms with Crippen molar-refractivity contribution in [3.05, 3.63) is 41.8 Å². The van der Waals surface area contributed by atoms with Crippen LogP contribution in [0.15, 0.2) is 39.8 Å². The summed E-state index contributed by atoms with van der Waals surface area (Å²) in [5, 5.41) is 6.50. The number of amides is 2. The second-order valence-electron chi connectivity index (χ2n) is 5.53. The lowest BCUT2D eigenvalue weighted by Gasteiger charge is -2.17. The molecule has 24 heavy (non-hydrogen) atoms. The van der Waals surface area contributed by atoms with Gasteiger partial charge in [0.1, 0.15) is 11.5 Å². The predicted molar refractivity (Wildman–Crippen MR) is 89.0 cm³/mol. The number of hydrogen-bond acceptors (Lipinski definition) is 5. The largest absolute Gasteiger partial charge is 0.361 e. The van der Waals surface area contributed by atoms with Crippen molar-refractivity contribution in [2.24, 2.45) is 0 Å². The van der Waals surface area contributed by atoms with Crippen LogP contribution < -0.4 is 5.32 Å². The minimum atomic E-state index is -3.56. The van der Waals surface area contributed by atoms with Crippen LogP contribution in [-0.4, -0.2) is 50.0 Å². The Kier molecular flexibility index (Phi) is 5.25. The summed E-state index contributed by atoms with van der Waals surface area (Å²) >= 11 is 0. The average Bonchev–Trinajstić information content (AvgIpc) is 2.92. The second-order valence-corrected chi connectivity index (χ2v) is 7.68. The van der Waals surface area contributed by atoms with Crippen molar-refractivity contribution in [3.63, 3.8) is 0 Å². The molecule has 9 heteroatoms. The van der Waals surface area contributed by atoms with Crippen LogP contribution in [0.25, 0.3) is 0 Å². The van der Waals surface area contributed by atoms with E-state index in [2.05, 4.69) is 10.5 Å². The smallest absolute Gasteiger partial charge is 0.321 e. The molecule has 0 aliphatic heterocycles. The Morgan fingerprint density at radius 1 is 1.25 bits per heavy atom. The Hall–Kier alpha value is -2.39. The fourth-order valence-electron chi connectivity index (χ4n) is 1.97. The SMILES string of the molecule is Cc1cc(CN(C)C(=O)Nc2cccc(S(=O)(=O)N(C)C)c2)no1. The molecular formula is C15H20N4O4S. The van der Waals surface area contributed by atoms with Crippen LogP contribution >= 0.6 is 0 Å². The molecule has 2 amide bonds. The highest BCUT2D eigenvalue weighted by atomic mass is 32.2. The molecule has 1 aromatic carbocycles. The summed E-state index contributed by atoms with van der Waals surface area (Å²) in [5.74, 6) is 0.667. The number of nitrogens with one attached hydrogen (secondary N) is 1. The van der Waals surface area contributed by atoms with Crippen molar-refractivity contribution >= 4 is 21.7 Å². The molecule has 2 aromatic rings. The molecule has 0 spiro atoms. The summed E-state index contributed by atoms with van der Waals surface area (Å²) in [4.78, 5) is 13.7. The van der Waals surface area contributed by atoms with Gasteiger partial charge < -0.3 is 14.7 Å². The number of carbonyl (C=O) groups excluding carboxylic acids is 1. The van der Waals surface area contributed by atoms with Crippen molar-refractivity contribution < 1.29 is 17.7 Å². The quantitative estimate of drug-likeness (QED) is 0.886. The van der Waals surface area contributed by atoms with E-state index in [-0.39, 0.29) is 17.5 Å². The third-order valence-corrected chi connectivity index (χ3v) is 5.10. The van der Waals surface area contributed by atoms with Crippen molar-refractivity contribution in [1.82, 2.24) is 14.4 Å². The lowest BCUT2D eigenvalue weighted by molar-refractivity contribution is 0.219. The fraction of sp³-hybridized carbons (Fsp3) is 0.333. The van der Waals surface area contributed by atoms with Crippen LogP contribution in [0.1, 0.15) is 11.5 Å². The second kappa shape index (κ2) is 7.02. The van der Waals surface area contributed by atoms with Gasteiger partial charge in [0.2, 0.25) is 10.0 Å². The van der Waals surface area contributed by atoms with Gasteiger partial charge in [0, 0.05) is 32.9 Å². The van der Waals surface area contributed by atoms with Crippen LogP contribution in [0, 0.1) is 6.92 Å². The molecule has 0 saturated carbocycles. The predicted octanol–water partition coefficient (Wildman–Crippen LogP) is 1.90. The lowest BCUT2D eigenvalue weighted by Crippen LogP contribution is -2.31. The monoisotopic (exact) mass is 352 g/mol. The van der Waals surface area contributed by atoms with Gasteiger partial charge in [-0.05, 0) is 25.1 Å². The Morgan fingerprint density at radius 2 is 1.96 bits per heavy atom. The first-order valence-corrected chi connectivity index (χ1v) is 8.61. The number of urea groups is 1. The minimum Gasteiger partial charge on any atom is -0.361 e. The minimum absolute atomic E-state index is 0.111. The number of carbonyl (C=O) groups is 1.